The second-order valence-corrected chi connectivity index (χ2v) is 4.23. The van der Waals surface area contributed by atoms with Gasteiger partial charge in [-0.1, -0.05) is 12.1 Å². The predicted octanol–water partition coefficient (Wildman–Crippen LogP) is -0.185. The number of rotatable bonds is 5. The predicted molar refractivity (Wildman–Crippen MR) is 66.5 cm³/mol. The van der Waals surface area contributed by atoms with Gasteiger partial charge in [-0.2, -0.15) is 0 Å². The van der Waals surface area contributed by atoms with Gasteiger partial charge in [0.2, 0.25) is 0 Å². The van der Waals surface area contributed by atoms with Gasteiger partial charge < -0.3 is 25.0 Å². The molecule has 104 valence electrons. The van der Waals surface area contributed by atoms with E-state index in [0.717, 1.165) is 5.56 Å². The van der Waals surface area contributed by atoms with Gasteiger partial charge in [-0.05, 0) is 12.1 Å². The normalized spacial score (nSPS) is 15.9. The molecule has 0 unspecified atom stereocenters. The SMILES string of the molecule is O=C(NC(CO)CO)c1ccc(C2OCCO2)cc1. The molecule has 19 heavy (non-hydrogen) atoms. The zero-order valence-corrected chi connectivity index (χ0v) is 10.4. The Bertz CT molecular complexity index is 410. The van der Waals surface area contributed by atoms with Crippen LogP contribution in [-0.2, 0) is 9.47 Å². The topological polar surface area (TPSA) is 88.0 Å². The van der Waals surface area contributed by atoms with E-state index in [1.807, 2.05) is 0 Å². The van der Waals surface area contributed by atoms with Gasteiger partial charge in [-0.3, -0.25) is 4.79 Å². The van der Waals surface area contributed by atoms with E-state index in [9.17, 15) is 4.79 Å². The fourth-order valence-electron chi connectivity index (χ4n) is 1.76. The molecule has 6 nitrogen and oxygen atoms in total. The second-order valence-electron chi connectivity index (χ2n) is 4.23. The minimum atomic E-state index is -0.645. The van der Waals surface area contributed by atoms with Gasteiger partial charge in [-0.15, -0.1) is 0 Å². The van der Waals surface area contributed by atoms with Crippen molar-refractivity contribution < 1.29 is 24.5 Å². The molecule has 1 fully saturated rings. The minimum absolute atomic E-state index is 0.302. The third-order valence-electron chi connectivity index (χ3n) is 2.84. The molecule has 1 aliphatic heterocycles. The van der Waals surface area contributed by atoms with Crippen LogP contribution in [0.1, 0.15) is 22.2 Å². The molecule has 0 radical (unpaired) electrons. The summed E-state index contributed by atoms with van der Waals surface area (Å²) in [5, 5.41) is 20.3. The highest BCUT2D eigenvalue weighted by molar-refractivity contribution is 5.94. The van der Waals surface area contributed by atoms with Crippen molar-refractivity contribution in [1.82, 2.24) is 5.32 Å². The summed E-state index contributed by atoms with van der Waals surface area (Å²) in [6.45, 7) is 0.539. The maximum Gasteiger partial charge on any atom is 0.251 e. The fraction of sp³-hybridized carbons (Fsp3) is 0.462. The lowest BCUT2D eigenvalue weighted by molar-refractivity contribution is -0.0441. The summed E-state index contributed by atoms with van der Waals surface area (Å²) >= 11 is 0. The van der Waals surface area contributed by atoms with Gasteiger partial charge in [0.05, 0.1) is 32.5 Å². The molecule has 0 atom stereocenters. The first-order valence-electron chi connectivity index (χ1n) is 6.10. The van der Waals surface area contributed by atoms with Crippen LogP contribution in [0.2, 0.25) is 0 Å². The van der Waals surface area contributed by atoms with E-state index in [4.69, 9.17) is 19.7 Å². The van der Waals surface area contributed by atoms with Crippen molar-refractivity contribution >= 4 is 5.91 Å². The maximum absolute atomic E-state index is 11.8. The number of carbonyl (C=O) groups is 1. The molecular formula is C13H17NO5. The van der Waals surface area contributed by atoms with E-state index in [1.165, 1.54) is 0 Å². The van der Waals surface area contributed by atoms with Crippen molar-refractivity contribution in [3.63, 3.8) is 0 Å². The largest absolute Gasteiger partial charge is 0.394 e. The average Bonchev–Trinajstić information content (AvgIpc) is 2.99. The molecule has 1 saturated heterocycles. The van der Waals surface area contributed by atoms with Gasteiger partial charge in [0, 0.05) is 11.1 Å². The molecule has 0 spiro atoms. The molecule has 1 amide bonds. The van der Waals surface area contributed by atoms with Gasteiger partial charge in [0.25, 0.3) is 5.91 Å². The number of amides is 1. The van der Waals surface area contributed by atoms with Gasteiger partial charge in [0.1, 0.15) is 0 Å². The van der Waals surface area contributed by atoms with Crippen molar-refractivity contribution in [2.24, 2.45) is 0 Å². The Morgan fingerprint density at radius 3 is 2.32 bits per heavy atom. The maximum atomic E-state index is 11.8. The first-order valence-corrected chi connectivity index (χ1v) is 6.10. The summed E-state index contributed by atoms with van der Waals surface area (Å²) in [5.41, 5.74) is 1.31. The number of nitrogens with one attached hydrogen (secondary N) is 1. The van der Waals surface area contributed by atoms with E-state index in [2.05, 4.69) is 5.32 Å². The van der Waals surface area contributed by atoms with Gasteiger partial charge >= 0.3 is 0 Å². The van der Waals surface area contributed by atoms with Gasteiger partial charge in [0.15, 0.2) is 6.29 Å². The fourth-order valence-corrected chi connectivity index (χ4v) is 1.76. The van der Waals surface area contributed by atoms with Crippen molar-refractivity contribution in [3.8, 4) is 0 Å². The molecule has 3 N–H and O–H groups in total. The molecule has 2 rings (SSSR count). The number of carbonyl (C=O) groups excluding carboxylic acids is 1. The quantitative estimate of drug-likeness (QED) is 0.688. The number of hydrogen-bond acceptors (Lipinski definition) is 5. The summed E-state index contributed by atoms with van der Waals surface area (Å²) in [6.07, 6.45) is -0.361. The summed E-state index contributed by atoms with van der Waals surface area (Å²) in [4.78, 5) is 11.8. The van der Waals surface area contributed by atoms with E-state index in [-0.39, 0.29) is 25.4 Å². The number of benzene rings is 1. The van der Waals surface area contributed by atoms with Crippen molar-refractivity contribution in [3.05, 3.63) is 35.4 Å². The van der Waals surface area contributed by atoms with Crippen LogP contribution in [-0.4, -0.2) is 48.6 Å². The standard InChI is InChI=1S/C13H17NO5/c15-7-11(8-16)14-12(17)9-1-3-10(4-2-9)13-18-5-6-19-13/h1-4,11,13,15-16H,5-8H2,(H,14,17). The molecule has 0 saturated carbocycles. The third kappa shape index (κ3) is 3.51. The van der Waals surface area contributed by atoms with Crippen molar-refractivity contribution in [1.29, 1.82) is 0 Å². The van der Waals surface area contributed by atoms with Crippen LogP contribution in [0.4, 0.5) is 0 Å². The molecule has 1 heterocycles. The van der Waals surface area contributed by atoms with Crippen LogP contribution in [0.5, 0.6) is 0 Å². The summed E-state index contributed by atoms with van der Waals surface area (Å²) in [5.74, 6) is -0.340. The molecule has 1 aromatic carbocycles. The molecular weight excluding hydrogens is 250 g/mol. The summed E-state index contributed by atoms with van der Waals surface area (Å²) in [7, 11) is 0. The van der Waals surface area contributed by atoms with Crippen LogP contribution < -0.4 is 5.32 Å². The highest BCUT2D eigenvalue weighted by Gasteiger charge is 2.18. The molecule has 0 aromatic heterocycles. The molecule has 0 bridgehead atoms. The number of aliphatic hydroxyl groups is 2. The Balaban J connectivity index is 1.99. The lowest BCUT2D eigenvalue weighted by atomic mass is 10.1. The lowest BCUT2D eigenvalue weighted by Crippen LogP contribution is -2.40. The molecule has 1 aliphatic rings. The van der Waals surface area contributed by atoms with E-state index in [1.54, 1.807) is 24.3 Å². The smallest absolute Gasteiger partial charge is 0.251 e. The van der Waals surface area contributed by atoms with E-state index < -0.39 is 6.04 Å². The highest BCUT2D eigenvalue weighted by Crippen LogP contribution is 2.23. The second kappa shape index (κ2) is 6.63. The van der Waals surface area contributed by atoms with Crippen LogP contribution in [0.25, 0.3) is 0 Å². The summed E-state index contributed by atoms with van der Waals surface area (Å²) in [6, 6.07) is 6.19. The Morgan fingerprint density at radius 1 is 1.21 bits per heavy atom. The Hall–Kier alpha value is -1.47. The molecule has 0 aliphatic carbocycles. The first kappa shape index (κ1) is 14.0. The Labute approximate surface area is 111 Å². The third-order valence-corrected chi connectivity index (χ3v) is 2.84. The monoisotopic (exact) mass is 267 g/mol. The Morgan fingerprint density at radius 2 is 1.79 bits per heavy atom. The average molecular weight is 267 g/mol. The summed E-state index contributed by atoms with van der Waals surface area (Å²) < 4.78 is 10.7. The Kier molecular flexibility index (Phi) is 4.86. The molecule has 6 heteroatoms. The number of hydrogen-bond donors (Lipinski definition) is 3. The van der Waals surface area contributed by atoms with E-state index in [0.29, 0.717) is 18.8 Å². The number of ether oxygens (including phenoxy) is 2. The highest BCUT2D eigenvalue weighted by atomic mass is 16.7. The van der Waals surface area contributed by atoms with Crippen LogP contribution in [0.3, 0.4) is 0 Å². The van der Waals surface area contributed by atoms with Crippen LogP contribution >= 0.6 is 0 Å². The van der Waals surface area contributed by atoms with E-state index >= 15 is 0 Å². The zero-order chi connectivity index (χ0) is 13.7. The van der Waals surface area contributed by atoms with Crippen molar-refractivity contribution in [2.75, 3.05) is 26.4 Å². The van der Waals surface area contributed by atoms with Crippen LogP contribution in [0, 0.1) is 0 Å². The van der Waals surface area contributed by atoms with Crippen LogP contribution in [0.15, 0.2) is 24.3 Å². The lowest BCUT2D eigenvalue weighted by Gasteiger charge is -2.14. The number of aliphatic hydroxyl groups excluding tert-OH is 2. The first-order chi connectivity index (χ1) is 9.24. The molecule has 1 aromatic rings. The van der Waals surface area contributed by atoms with Gasteiger partial charge in [-0.25, -0.2) is 0 Å². The minimum Gasteiger partial charge on any atom is -0.394 e. The van der Waals surface area contributed by atoms with Crippen molar-refractivity contribution in [2.45, 2.75) is 12.3 Å². The zero-order valence-electron chi connectivity index (χ0n) is 10.4.